The summed E-state index contributed by atoms with van der Waals surface area (Å²) < 4.78 is 5.10. The highest BCUT2D eigenvalue weighted by molar-refractivity contribution is 5.95. The number of methoxy groups -OCH3 is 1. The van der Waals surface area contributed by atoms with Crippen LogP contribution in [0.4, 0.5) is 5.69 Å². The lowest BCUT2D eigenvalue weighted by atomic mass is 10.1. The van der Waals surface area contributed by atoms with Gasteiger partial charge in [0.15, 0.2) is 0 Å². The van der Waals surface area contributed by atoms with Gasteiger partial charge in [0.1, 0.15) is 0 Å². The fourth-order valence-electron chi connectivity index (χ4n) is 1.70. The van der Waals surface area contributed by atoms with Crippen LogP contribution in [-0.4, -0.2) is 30.8 Å². The number of para-hydroxylation sites is 1. The third-order valence-corrected chi connectivity index (χ3v) is 2.71. The van der Waals surface area contributed by atoms with Crippen LogP contribution in [0.2, 0.25) is 0 Å². The van der Waals surface area contributed by atoms with Gasteiger partial charge in [-0.05, 0) is 25.0 Å². The van der Waals surface area contributed by atoms with Gasteiger partial charge in [0.25, 0.3) is 0 Å². The fourth-order valence-corrected chi connectivity index (χ4v) is 1.70. The lowest BCUT2D eigenvalue weighted by Crippen LogP contribution is -2.25. The summed E-state index contributed by atoms with van der Waals surface area (Å²) in [6.07, 6.45) is 0.876. The molecule has 2 N–H and O–H groups in total. The van der Waals surface area contributed by atoms with Crippen molar-refractivity contribution in [1.29, 1.82) is 0 Å². The predicted molar refractivity (Wildman–Crippen MR) is 67.7 cm³/mol. The Morgan fingerprint density at radius 2 is 2.24 bits per heavy atom. The van der Waals surface area contributed by atoms with E-state index in [4.69, 9.17) is 9.84 Å². The van der Waals surface area contributed by atoms with Crippen molar-refractivity contribution in [2.45, 2.75) is 26.3 Å². The van der Waals surface area contributed by atoms with Gasteiger partial charge in [-0.3, -0.25) is 0 Å². The van der Waals surface area contributed by atoms with Crippen LogP contribution in [-0.2, 0) is 4.74 Å². The monoisotopic (exact) mass is 237 g/mol. The summed E-state index contributed by atoms with van der Waals surface area (Å²) >= 11 is 0. The molecule has 0 heterocycles. The van der Waals surface area contributed by atoms with E-state index < -0.39 is 5.97 Å². The maximum Gasteiger partial charge on any atom is 0.337 e. The second-order valence-electron chi connectivity index (χ2n) is 4.01. The molecule has 0 fully saturated rings. The molecule has 1 atom stereocenters. The minimum absolute atomic E-state index is 0.124. The number of anilines is 1. The Balaban J connectivity index is 2.99. The Labute approximate surface area is 102 Å². The van der Waals surface area contributed by atoms with Crippen LogP contribution in [0.5, 0.6) is 0 Å². The molecule has 0 spiro atoms. The normalized spacial score (nSPS) is 12.2. The van der Waals surface area contributed by atoms with E-state index in [2.05, 4.69) is 5.32 Å². The molecular weight excluding hydrogens is 218 g/mol. The fraction of sp³-hybridized carbons (Fsp3) is 0.462. The first-order valence-corrected chi connectivity index (χ1v) is 5.68. The number of nitrogens with one attached hydrogen (secondary N) is 1. The average molecular weight is 237 g/mol. The molecule has 0 aromatic heterocycles. The summed E-state index contributed by atoms with van der Waals surface area (Å²) in [6.45, 7) is 4.49. The minimum atomic E-state index is -0.913. The summed E-state index contributed by atoms with van der Waals surface area (Å²) in [4.78, 5) is 11.1. The largest absolute Gasteiger partial charge is 0.478 e. The number of carboxylic acid groups (broad SMARTS) is 1. The minimum Gasteiger partial charge on any atom is -0.478 e. The highest BCUT2D eigenvalue weighted by Gasteiger charge is 2.14. The smallest absolute Gasteiger partial charge is 0.337 e. The summed E-state index contributed by atoms with van der Waals surface area (Å²) in [5, 5.41) is 12.4. The third kappa shape index (κ3) is 3.46. The molecule has 1 unspecified atom stereocenters. The van der Waals surface area contributed by atoms with E-state index in [1.54, 1.807) is 19.2 Å². The van der Waals surface area contributed by atoms with Crippen molar-refractivity contribution in [2.75, 3.05) is 19.0 Å². The molecule has 0 aliphatic rings. The number of rotatable bonds is 6. The van der Waals surface area contributed by atoms with Crippen LogP contribution in [0, 0.1) is 6.92 Å². The third-order valence-electron chi connectivity index (χ3n) is 2.71. The number of carbonyl (C=O) groups is 1. The first-order valence-electron chi connectivity index (χ1n) is 5.68. The second-order valence-corrected chi connectivity index (χ2v) is 4.01. The Morgan fingerprint density at radius 3 is 2.76 bits per heavy atom. The maximum absolute atomic E-state index is 11.1. The number of ether oxygens (including phenoxy) is 1. The lowest BCUT2D eigenvalue weighted by molar-refractivity contribution is 0.0697. The lowest BCUT2D eigenvalue weighted by Gasteiger charge is -2.20. The summed E-state index contributed by atoms with van der Waals surface area (Å²) in [7, 11) is 1.64. The van der Waals surface area contributed by atoms with E-state index in [9.17, 15) is 4.79 Å². The van der Waals surface area contributed by atoms with Gasteiger partial charge in [-0.15, -0.1) is 0 Å². The molecular formula is C13H19NO3. The van der Waals surface area contributed by atoms with Crippen LogP contribution in [0.1, 0.15) is 29.3 Å². The highest BCUT2D eigenvalue weighted by atomic mass is 16.5. The first-order chi connectivity index (χ1) is 8.10. The quantitative estimate of drug-likeness (QED) is 0.798. The standard InChI is InChI=1S/C13H19NO3/c1-4-10(8-17-3)14-12-9(2)6-5-7-11(12)13(15)16/h5-7,10,14H,4,8H2,1-3H3,(H,15,16). The number of carboxylic acids is 1. The zero-order valence-electron chi connectivity index (χ0n) is 10.5. The van der Waals surface area contributed by atoms with Crippen molar-refractivity contribution < 1.29 is 14.6 Å². The highest BCUT2D eigenvalue weighted by Crippen LogP contribution is 2.22. The van der Waals surface area contributed by atoms with E-state index in [1.807, 2.05) is 19.9 Å². The molecule has 0 saturated heterocycles. The molecule has 4 nitrogen and oxygen atoms in total. The zero-order valence-corrected chi connectivity index (χ0v) is 10.5. The molecule has 0 saturated carbocycles. The number of hydrogen-bond donors (Lipinski definition) is 2. The van der Waals surface area contributed by atoms with Crippen molar-refractivity contribution in [2.24, 2.45) is 0 Å². The number of benzene rings is 1. The van der Waals surface area contributed by atoms with Crippen molar-refractivity contribution in [1.82, 2.24) is 0 Å². The molecule has 0 aliphatic carbocycles. The van der Waals surface area contributed by atoms with Gasteiger partial charge in [-0.1, -0.05) is 19.1 Å². The Bertz CT molecular complexity index is 390. The van der Waals surface area contributed by atoms with E-state index in [1.165, 1.54) is 0 Å². The van der Waals surface area contributed by atoms with Gasteiger partial charge in [0, 0.05) is 13.2 Å². The van der Waals surface area contributed by atoms with Crippen molar-refractivity contribution in [3.8, 4) is 0 Å². The Hall–Kier alpha value is -1.55. The van der Waals surface area contributed by atoms with Crippen LogP contribution in [0.25, 0.3) is 0 Å². The van der Waals surface area contributed by atoms with Crippen LogP contribution in [0.15, 0.2) is 18.2 Å². The number of aryl methyl sites for hydroxylation is 1. The topological polar surface area (TPSA) is 58.6 Å². The number of hydrogen-bond acceptors (Lipinski definition) is 3. The van der Waals surface area contributed by atoms with Gasteiger partial charge in [0.2, 0.25) is 0 Å². The molecule has 1 rings (SSSR count). The Kier molecular flexibility index (Phi) is 4.97. The summed E-state index contributed by atoms with van der Waals surface area (Å²) in [5.41, 5.74) is 1.92. The average Bonchev–Trinajstić information content (AvgIpc) is 2.30. The first kappa shape index (κ1) is 13.5. The van der Waals surface area contributed by atoms with Gasteiger partial charge in [0.05, 0.1) is 17.9 Å². The molecule has 0 radical (unpaired) electrons. The van der Waals surface area contributed by atoms with E-state index >= 15 is 0 Å². The van der Waals surface area contributed by atoms with Crippen LogP contribution in [0.3, 0.4) is 0 Å². The molecule has 4 heteroatoms. The van der Waals surface area contributed by atoms with E-state index in [0.29, 0.717) is 17.9 Å². The molecule has 0 amide bonds. The summed E-state index contributed by atoms with van der Waals surface area (Å²) in [5.74, 6) is -0.913. The Morgan fingerprint density at radius 1 is 1.53 bits per heavy atom. The van der Waals surface area contributed by atoms with E-state index in [-0.39, 0.29) is 6.04 Å². The SMILES string of the molecule is CCC(COC)Nc1c(C)cccc1C(=O)O. The molecule has 0 aliphatic heterocycles. The van der Waals surface area contributed by atoms with Crippen molar-refractivity contribution in [3.63, 3.8) is 0 Å². The van der Waals surface area contributed by atoms with Gasteiger partial charge in [-0.2, -0.15) is 0 Å². The number of aromatic carboxylic acids is 1. The van der Waals surface area contributed by atoms with Gasteiger partial charge >= 0.3 is 5.97 Å². The molecule has 1 aromatic carbocycles. The van der Waals surface area contributed by atoms with Crippen LogP contribution >= 0.6 is 0 Å². The van der Waals surface area contributed by atoms with Gasteiger partial charge in [-0.25, -0.2) is 4.79 Å². The van der Waals surface area contributed by atoms with Crippen molar-refractivity contribution >= 4 is 11.7 Å². The molecule has 1 aromatic rings. The molecule has 94 valence electrons. The summed E-state index contributed by atoms with van der Waals surface area (Å²) in [6, 6.07) is 5.38. The second kappa shape index (κ2) is 6.25. The molecule has 17 heavy (non-hydrogen) atoms. The van der Waals surface area contributed by atoms with Crippen molar-refractivity contribution in [3.05, 3.63) is 29.3 Å². The molecule has 0 bridgehead atoms. The maximum atomic E-state index is 11.1. The van der Waals surface area contributed by atoms with E-state index in [0.717, 1.165) is 12.0 Å². The predicted octanol–water partition coefficient (Wildman–Crippen LogP) is 2.53. The van der Waals surface area contributed by atoms with Crippen LogP contribution < -0.4 is 5.32 Å². The zero-order chi connectivity index (χ0) is 12.8. The van der Waals surface area contributed by atoms with Gasteiger partial charge < -0.3 is 15.2 Å².